The third kappa shape index (κ3) is 3.87. The second-order valence-corrected chi connectivity index (χ2v) is 7.26. The van der Waals surface area contributed by atoms with Crippen LogP contribution in [0.1, 0.15) is 16.9 Å². The lowest BCUT2D eigenvalue weighted by atomic mass is 10.0. The maximum absolute atomic E-state index is 10.7. The smallest absolute Gasteiger partial charge is 0.305 e. The topological polar surface area (TPSA) is 87.2 Å². The summed E-state index contributed by atoms with van der Waals surface area (Å²) in [6.07, 6.45) is 3.21. The molecule has 2 heterocycles. The summed E-state index contributed by atoms with van der Waals surface area (Å²) in [7, 11) is 0. The Hall–Kier alpha value is -2.29. The van der Waals surface area contributed by atoms with Crippen molar-refractivity contribution >= 4 is 59.1 Å². The van der Waals surface area contributed by atoms with E-state index in [-0.39, 0.29) is 18.8 Å². The van der Waals surface area contributed by atoms with E-state index in [1.54, 1.807) is 24.4 Å². The molecule has 3 rings (SSSR count). The lowest BCUT2D eigenvalue weighted by Crippen LogP contribution is -2.04. The van der Waals surface area contributed by atoms with Gasteiger partial charge in [-0.2, -0.15) is 5.10 Å². The Morgan fingerprint density at radius 2 is 2.08 bits per heavy atom. The number of aromatic hydroxyl groups is 1. The number of hydrogen-bond acceptors (Lipinski definition) is 6. The molecule has 0 aliphatic carbocycles. The molecule has 1 aromatic heterocycles. The van der Waals surface area contributed by atoms with Crippen molar-refractivity contribution < 1.29 is 15.0 Å². The SMILES string of the molecule is O=C(O)CCn1c(O)c(/C=C2\C=NN=C2c2ccc(Cl)cc2)sc1=S. The second-order valence-electron chi connectivity index (χ2n) is 5.15. The summed E-state index contributed by atoms with van der Waals surface area (Å²) in [5.41, 5.74) is 2.23. The fourth-order valence-electron chi connectivity index (χ4n) is 2.26. The molecule has 0 radical (unpaired) electrons. The number of rotatable bonds is 5. The van der Waals surface area contributed by atoms with E-state index in [0.717, 1.165) is 11.1 Å². The molecule has 1 aliphatic heterocycles. The van der Waals surface area contributed by atoms with Crippen molar-refractivity contribution in [2.75, 3.05) is 0 Å². The number of nitrogens with zero attached hydrogens (tertiary/aromatic N) is 3. The highest BCUT2D eigenvalue weighted by Crippen LogP contribution is 2.30. The van der Waals surface area contributed by atoms with Crippen LogP contribution >= 0.6 is 35.2 Å². The largest absolute Gasteiger partial charge is 0.493 e. The van der Waals surface area contributed by atoms with Gasteiger partial charge in [-0.3, -0.25) is 9.36 Å². The highest BCUT2D eigenvalue weighted by molar-refractivity contribution is 7.73. The standard InChI is InChI=1S/C16H12ClN3O3S2/c17-11-3-1-9(2-4-11)14-10(8-18-19-14)7-12-15(23)20(16(24)25-12)6-5-13(21)22/h1-4,7-8,23H,5-6H2,(H,21,22)/b10-7+. The number of aromatic nitrogens is 1. The van der Waals surface area contributed by atoms with Crippen molar-refractivity contribution in [2.24, 2.45) is 10.2 Å². The molecular weight excluding hydrogens is 382 g/mol. The Kier molecular flexibility index (Phi) is 5.12. The molecule has 128 valence electrons. The maximum Gasteiger partial charge on any atom is 0.305 e. The number of hydrogen-bond donors (Lipinski definition) is 2. The third-order valence-electron chi connectivity index (χ3n) is 3.48. The minimum atomic E-state index is -0.951. The van der Waals surface area contributed by atoms with E-state index < -0.39 is 5.97 Å². The summed E-state index contributed by atoms with van der Waals surface area (Å²) >= 11 is 12.3. The van der Waals surface area contributed by atoms with Gasteiger partial charge in [0.2, 0.25) is 5.88 Å². The molecule has 0 saturated heterocycles. The fourth-order valence-corrected chi connectivity index (χ4v) is 3.70. The Bertz CT molecular complexity index is 972. The summed E-state index contributed by atoms with van der Waals surface area (Å²) in [6, 6.07) is 7.20. The zero-order valence-corrected chi connectivity index (χ0v) is 15.1. The van der Waals surface area contributed by atoms with E-state index in [9.17, 15) is 9.90 Å². The van der Waals surface area contributed by atoms with Crippen LogP contribution < -0.4 is 0 Å². The second kappa shape index (κ2) is 7.30. The fraction of sp³-hybridized carbons (Fsp3) is 0.125. The monoisotopic (exact) mass is 393 g/mol. The number of aliphatic carboxylic acids is 1. The van der Waals surface area contributed by atoms with Gasteiger partial charge in [-0.25, -0.2) is 0 Å². The molecule has 0 atom stereocenters. The maximum atomic E-state index is 10.7. The van der Waals surface area contributed by atoms with Gasteiger partial charge >= 0.3 is 5.97 Å². The first kappa shape index (κ1) is 17.5. The van der Waals surface area contributed by atoms with Crippen LogP contribution in [-0.4, -0.2) is 32.7 Å². The first-order valence-electron chi connectivity index (χ1n) is 7.19. The summed E-state index contributed by atoms with van der Waals surface area (Å²) in [5.74, 6) is -1.01. The van der Waals surface area contributed by atoms with Crippen LogP contribution in [0.5, 0.6) is 5.88 Å². The summed E-state index contributed by atoms with van der Waals surface area (Å²) in [6.45, 7) is 0.117. The van der Waals surface area contributed by atoms with Crippen molar-refractivity contribution in [1.82, 2.24) is 4.57 Å². The van der Waals surface area contributed by atoms with E-state index in [4.69, 9.17) is 28.9 Å². The molecule has 0 unspecified atom stereocenters. The van der Waals surface area contributed by atoms with Crippen LogP contribution in [0.2, 0.25) is 5.02 Å². The number of carboxylic acids is 1. The molecule has 0 amide bonds. The number of benzene rings is 1. The minimum Gasteiger partial charge on any atom is -0.493 e. The lowest BCUT2D eigenvalue weighted by Gasteiger charge is -2.03. The molecule has 0 fully saturated rings. The van der Waals surface area contributed by atoms with Crippen LogP contribution in [0.3, 0.4) is 0 Å². The number of carbonyl (C=O) groups is 1. The van der Waals surface area contributed by atoms with E-state index in [1.807, 2.05) is 12.1 Å². The molecule has 25 heavy (non-hydrogen) atoms. The normalized spacial score (nSPS) is 14.9. The zero-order chi connectivity index (χ0) is 18.0. The van der Waals surface area contributed by atoms with E-state index in [2.05, 4.69) is 10.2 Å². The Balaban J connectivity index is 1.92. The predicted octanol–water partition coefficient (Wildman–Crippen LogP) is 3.98. The summed E-state index contributed by atoms with van der Waals surface area (Å²) < 4.78 is 1.82. The van der Waals surface area contributed by atoms with Gasteiger partial charge in [-0.05, 0) is 30.4 Å². The molecule has 0 spiro atoms. The van der Waals surface area contributed by atoms with Crippen LogP contribution in [0.15, 0.2) is 40.0 Å². The van der Waals surface area contributed by atoms with Gasteiger partial charge in [0, 0.05) is 22.7 Å². The Labute approximate surface area is 157 Å². The van der Waals surface area contributed by atoms with Gasteiger partial charge in [0.05, 0.1) is 17.5 Å². The average molecular weight is 394 g/mol. The van der Waals surface area contributed by atoms with Gasteiger partial charge in [0.25, 0.3) is 0 Å². The molecular formula is C16H12ClN3O3S2. The molecule has 0 saturated carbocycles. The molecule has 0 bridgehead atoms. The first-order valence-corrected chi connectivity index (χ1v) is 8.79. The summed E-state index contributed by atoms with van der Waals surface area (Å²) in [4.78, 5) is 11.3. The zero-order valence-electron chi connectivity index (χ0n) is 12.7. The molecule has 1 aromatic carbocycles. The number of thiazole rings is 1. The van der Waals surface area contributed by atoms with Gasteiger partial charge < -0.3 is 10.2 Å². The Morgan fingerprint density at radius 3 is 2.76 bits per heavy atom. The number of carboxylic acid groups (broad SMARTS) is 1. The molecule has 2 N–H and O–H groups in total. The molecule has 9 heteroatoms. The van der Waals surface area contributed by atoms with Crippen molar-refractivity contribution in [3.8, 4) is 5.88 Å². The summed E-state index contributed by atoms with van der Waals surface area (Å²) in [5, 5.41) is 27.8. The van der Waals surface area contributed by atoms with Crippen LogP contribution in [-0.2, 0) is 11.3 Å². The van der Waals surface area contributed by atoms with Gasteiger partial charge in [0.15, 0.2) is 3.95 Å². The minimum absolute atomic E-state index is 0.0560. The highest BCUT2D eigenvalue weighted by atomic mass is 35.5. The quantitative estimate of drug-likeness (QED) is 0.752. The van der Waals surface area contributed by atoms with Gasteiger partial charge in [-0.15, -0.1) is 16.4 Å². The van der Waals surface area contributed by atoms with Crippen molar-refractivity contribution in [3.05, 3.63) is 49.3 Å². The van der Waals surface area contributed by atoms with Crippen molar-refractivity contribution in [3.63, 3.8) is 0 Å². The lowest BCUT2D eigenvalue weighted by molar-refractivity contribution is -0.137. The van der Waals surface area contributed by atoms with Crippen molar-refractivity contribution in [1.29, 1.82) is 0 Å². The van der Waals surface area contributed by atoms with Crippen LogP contribution in [0, 0.1) is 3.95 Å². The van der Waals surface area contributed by atoms with E-state index in [0.29, 0.717) is 19.6 Å². The van der Waals surface area contributed by atoms with E-state index in [1.165, 1.54) is 15.9 Å². The van der Waals surface area contributed by atoms with E-state index >= 15 is 0 Å². The predicted molar refractivity (Wildman–Crippen MR) is 102 cm³/mol. The average Bonchev–Trinajstić information content (AvgIpc) is 3.12. The first-order chi connectivity index (χ1) is 12.0. The van der Waals surface area contributed by atoms with Crippen LogP contribution in [0.25, 0.3) is 6.08 Å². The Morgan fingerprint density at radius 1 is 1.36 bits per heavy atom. The highest BCUT2D eigenvalue weighted by Gasteiger charge is 2.17. The molecule has 1 aliphatic rings. The van der Waals surface area contributed by atoms with Gasteiger partial charge in [-0.1, -0.05) is 23.7 Å². The van der Waals surface area contributed by atoms with Crippen LogP contribution in [0.4, 0.5) is 0 Å². The third-order valence-corrected chi connectivity index (χ3v) is 5.11. The number of allylic oxidation sites excluding steroid dienone is 1. The number of halogens is 1. The molecule has 2 aromatic rings. The van der Waals surface area contributed by atoms with Gasteiger partial charge in [0.1, 0.15) is 5.71 Å². The van der Waals surface area contributed by atoms with Crippen molar-refractivity contribution in [2.45, 2.75) is 13.0 Å². The molecule has 6 nitrogen and oxygen atoms in total.